The molecule has 0 radical (unpaired) electrons. The summed E-state index contributed by atoms with van der Waals surface area (Å²) >= 11 is 0. The zero-order valence-corrected chi connectivity index (χ0v) is 18.4. The predicted molar refractivity (Wildman–Crippen MR) is 119 cm³/mol. The van der Waals surface area contributed by atoms with Gasteiger partial charge in [-0.05, 0) is 55.0 Å². The molecule has 1 unspecified atom stereocenters. The summed E-state index contributed by atoms with van der Waals surface area (Å²) in [5, 5.41) is 3.07. The van der Waals surface area contributed by atoms with Crippen LogP contribution in [0, 0.1) is 0 Å². The van der Waals surface area contributed by atoms with Crippen LogP contribution in [-0.4, -0.2) is 41.9 Å². The van der Waals surface area contributed by atoms with Gasteiger partial charge in [0.15, 0.2) is 6.10 Å². The zero-order chi connectivity index (χ0) is 21.7. The third-order valence-corrected chi connectivity index (χ3v) is 5.56. The summed E-state index contributed by atoms with van der Waals surface area (Å²) in [7, 11) is 0. The fourth-order valence-corrected chi connectivity index (χ4v) is 3.65. The lowest BCUT2D eigenvalue weighted by atomic mass is 9.87. The summed E-state index contributed by atoms with van der Waals surface area (Å²) < 4.78 is 5.89. The first kappa shape index (κ1) is 21.9. The number of amides is 2. The Morgan fingerprint density at radius 3 is 2.17 bits per heavy atom. The van der Waals surface area contributed by atoms with Gasteiger partial charge in [-0.3, -0.25) is 9.59 Å². The van der Waals surface area contributed by atoms with Crippen LogP contribution in [0.3, 0.4) is 0 Å². The molecule has 5 heteroatoms. The van der Waals surface area contributed by atoms with E-state index in [0.717, 1.165) is 12.8 Å². The van der Waals surface area contributed by atoms with E-state index in [1.165, 1.54) is 5.56 Å². The molecule has 0 bridgehead atoms. The summed E-state index contributed by atoms with van der Waals surface area (Å²) in [6.45, 7) is 9.54. The van der Waals surface area contributed by atoms with Gasteiger partial charge in [-0.1, -0.05) is 51.1 Å². The Morgan fingerprint density at radius 1 is 1.00 bits per heavy atom. The van der Waals surface area contributed by atoms with Crippen molar-refractivity contribution >= 4 is 11.8 Å². The maximum Gasteiger partial charge on any atom is 0.263 e. The van der Waals surface area contributed by atoms with E-state index in [1.54, 1.807) is 19.1 Å². The van der Waals surface area contributed by atoms with E-state index in [2.05, 4.69) is 26.1 Å². The number of hydrogen-bond acceptors (Lipinski definition) is 3. The lowest BCUT2D eigenvalue weighted by Gasteiger charge is -2.34. The molecule has 1 fully saturated rings. The molecule has 1 heterocycles. The second-order valence-corrected chi connectivity index (χ2v) is 8.97. The van der Waals surface area contributed by atoms with E-state index >= 15 is 0 Å². The quantitative estimate of drug-likeness (QED) is 0.808. The highest BCUT2D eigenvalue weighted by Gasteiger charge is 2.28. The van der Waals surface area contributed by atoms with Crippen molar-refractivity contribution < 1.29 is 14.3 Å². The van der Waals surface area contributed by atoms with E-state index in [9.17, 15) is 9.59 Å². The largest absolute Gasteiger partial charge is 0.481 e. The van der Waals surface area contributed by atoms with E-state index < -0.39 is 6.10 Å². The van der Waals surface area contributed by atoms with Gasteiger partial charge in [0.2, 0.25) is 0 Å². The number of nitrogens with one attached hydrogen (secondary N) is 1. The minimum Gasteiger partial charge on any atom is -0.481 e. The molecule has 0 spiro atoms. The molecule has 0 saturated carbocycles. The number of rotatable bonds is 5. The van der Waals surface area contributed by atoms with Crippen molar-refractivity contribution in [2.75, 3.05) is 13.1 Å². The number of carbonyl (C=O) groups excluding carboxylic acids is 2. The van der Waals surface area contributed by atoms with Crippen molar-refractivity contribution in [3.8, 4) is 5.75 Å². The summed E-state index contributed by atoms with van der Waals surface area (Å²) in [4.78, 5) is 26.9. The van der Waals surface area contributed by atoms with Gasteiger partial charge in [-0.2, -0.15) is 0 Å². The highest BCUT2D eigenvalue weighted by Crippen LogP contribution is 2.25. The fourth-order valence-electron chi connectivity index (χ4n) is 3.65. The fraction of sp³-hybridized carbons (Fsp3) is 0.440. The first-order valence-electron chi connectivity index (χ1n) is 10.7. The number of piperidine rings is 1. The van der Waals surface area contributed by atoms with Gasteiger partial charge in [0, 0.05) is 24.7 Å². The van der Waals surface area contributed by atoms with Crippen LogP contribution in [0.2, 0.25) is 0 Å². The second kappa shape index (κ2) is 9.33. The maximum atomic E-state index is 12.8. The molecule has 2 aromatic rings. The molecule has 1 saturated heterocycles. The molecule has 0 aliphatic carbocycles. The lowest BCUT2D eigenvalue weighted by molar-refractivity contribution is -0.139. The SMILES string of the molecule is CC(Oc1ccc(C(C)(C)C)cc1)C(=O)N1CCC(NC(=O)c2ccccc2)CC1. The van der Waals surface area contributed by atoms with Crippen LogP contribution in [0.5, 0.6) is 5.75 Å². The number of likely N-dealkylation sites (tertiary alicyclic amines) is 1. The molecule has 5 nitrogen and oxygen atoms in total. The lowest BCUT2D eigenvalue weighted by Crippen LogP contribution is -2.49. The molecular weight excluding hydrogens is 376 g/mol. The molecule has 1 aliphatic rings. The summed E-state index contributed by atoms with van der Waals surface area (Å²) in [6.07, 6.45) is 0.954. The molecule has 2 aromatic carbocycles. The van der Waals surface area contributed by atoms with Crippen LogP contribution >= 0.6 is 0 Å². The summed E-state index contributed by atoms with van der Waals surface area (Å²) in [5.41, 5.74) is 1.98. The molecule has 2 amide bonds. The van der Waals surface area contributed by atoms with Gasteiger partial charge in [0.25, 0.3) is 11.8 Å². The average molecular weight is 409 g/mol. The van der Waals surface area contributed by atoms with Crippen LogP contribution in [0.4, 0.5) is 0 Å². The monoisotopic (exact) mass is 408 g/mol. The standard InChI is InChI=1S/C25H32N2O3/c1-18(30-22-12-10-20(11-13-22)25(2,3)4)24(29)27-16-14-21(15-17-27)26-23(28)19-8-6-5-7-9-19/h5-13,18,21H,14-17H2,1-4H3,(H,26,28). The number of ether oxygens (including phenoxy) is 1. The Balaban J connectivity index is 1.48. The molecule has 1 aliphatic heterocycles. The van der Waals surface area contributed by atoms with Crippen LogP contribution < -0.4 is 10.1 Å². The van der Waals surface area contributed by atoms with Gasteiger partial charge < -0.3 is 15.0 Å². The molecular formula is C25H32N2O3. The van der Waals surface area contributed by atoms with Crippen molar-refractivity contribution in [2.24, 2.45) is 0 Å². The van der Waals surface area contributed by atoms with Gasteiger partial charge in [-0.15, -0.1) is 0 Å². The topological polar surface area (TPSA) is 58.6 Å². The van der Waals surface area contributed by atoms with Crippen molar-refractivity contribution in [2.45, 2.75) is 58.1 Å². The first-order chi connectivity index (χ1) is 14.2. The Bertz CT molecular complexity index is 848. The predicted octanol–water partition coefficient (Wildman–Crippen LogP) is 4.17. The number of benzene rings is 2. The third-order valence-electron chi connectivity index (χ3n) is 5.56. The minimum atomic E-state index is -0.541. The molecule has 1 atom stereocenters. The molecule has 0 aromatic heterocycles. The van der Waals surface area contributed by atoms with Gasteiger partial charge >= 0.3 is 0 Å². The Hall–Kier alpha value is -2.82. The third kappa shape index (κ3) is 5.62. The van der Waals surface area contributed by atoms with Crippen molar-refractivity contribution in [1.29, 1.82) is 0 Å². The number of nitrogens with zero attached hydrogens (tertiary/aromatic N) is 1. The minimum absolute atomic E-state index is 0.0114. The highest BCUT2D eigenvalue weighted by molar-refractivity contribution is 5.94. The smallest absolute Gasteiger partial charge is 0.263 e. The van der Waals surface area contributed by atoms with E-state index in [1.807, 2.05) is 47.4 Å². The van der Waals surface area contributed by atoms with Gasteiger partial charge in [0.05, 0.1) is 0 Å². The Labute approximate surface area is 179 Å². The average Bonchev–Trinajstić information content (AvgIpc) is 2.74. The number of carbonyl (C=O) groups is 2. The van der Waals surface area contributed by atoms with E-state index in [-0.39, 0.29) is 23.3 Å². The molecule has 30 heavy (non-hydrogen) atoms. The molecule has 160 valence electrons. The van der Waals surface area contributed by atoms with Crippen molar-refractivity contribution in [1.82, 2.24) is 10.2 Å². The molecule has 1 N–H and O–H groups in total. The van der Waals surface area contributed by atoms with Crippen LogP contribution in [0.15, 0.2) is 54.6 Å². The summed E-state index contributed by atoms with van der Waals surface area (Å²) in [6, 6.07) is 17.3. The first-order valence-corrected chi connectivity index (χ1v) is 10.7. The normalized spacial score (nSPS) is 16.1. The van der Waals surface area contributed by atoms with Gasteiger partial charge in [0.1, 0.15) is 5.75 Å². The van der Waals surface area contributed by atoms with Crippen LogP contribution in [0.1, 0.15) is 56.5 Å². The van der Waals surface area contributed by atoms with Crippen LogP contribution in [-0.2, 0) is 10.2 Å². The van der Waals surface area contributed by atoms with E-state index in [0.29, 0.717) is 24.4 Å². The zero-order valence-electron chi connectivity index (χ0n) is 18.4. The highest BCUT2D eigenvalue weighted by atomic mass is 16.5. The van der Waals surface area contributed by atoms with Crippen LogP contribution in [0.25, 0.3) is 0 Å². The second-order valence-electron chi connectivity index (χ2n) is 8.97. The summed E-state index contributed by atoms with van der Waals surface area (Å²) in [5.74, 6) is 0.632. The van der Waals surface area contributed by atoms with Gasteiger partial charge in [-0.25, -0.2) is 0 Å². The Morgan fingerprint density at radius 2 is 1.60 bits per heavy atom. The molecule has 3 rings (SSSR count). The van der Waals surface area contributed by atoms with Crippen molar-refractivity contribution in [3.05, 3.63) is 65.7 Å². The van der Waals surface area contributed by atoms with Crippen molar-refractivity contribution in [3.63, 3.8) is 0 Å². The number of hydrogen-bond donors (Lipinski definition) is 1. The maximum absolute atomic E-state index is 12.8. The van der Waals surface area contributed by atoms with E-state index in [4.69, 9.17) is 4.74 Å². The Kier molecular flexibility index (Phi) is 6.80.